The highest BCUT2D eigenvalue weighted by Gasteiger charge is 2.34. The van der Waals surface area contributed by atoms with Crippen molar-refractivity contribution < 1.29 is 23.1 Å². The van der Waals surface area contributed by atoms with Gasteiger partial charge in [0, 0.05) is 13.0 Å². The summed E-state index contributed by atoms with van der Waals surface area (Å²) in [5.41, 5.74) is 0. The minimum absolute atomic E-state index is 0.0598. The summed E-state index contributed by atoms with van der Waals surface area (Å²) in [4.78, 5) is 25.0. The second kappa shape index (κ2) is 6.11. The molecule has 2 atom stereocenters. The van der Waals surface area contributed by atoms with Crippen LogP contribution in [0.3, 0.4) is 0 Å². The third kappa shape index (κ3) is 3.71. The van der Waals surface area contributed by atoms with Crippen LogP contribution < -0.4 is 0 Å². The van der Waals surface area contributed by atoms with Gasteiger partial charge in [0.05, 0.1) is 11.5 Å². The molecule has 2 saturated heterocycles. The molecule has 2 unspecified atom stereocenters. The van der Waals surface area contributed by atoms with E-state index in [1.807, 2.05) is 0 Å². The normalized spacial score (nSPS) is 29.9. The molecule has 7 heteroatoms. The van der Waals surface area contributed by atoms with Crippen molar-refractivity contribution in [1.82, 2.24) is 4.90 Å². The van der Waals surface area contributed by atoms with E-state index in [0.29, 0.717) is 19.4 Å². The first-order valence-electron chi connectivity index (χ1n) is 7.12. The lowest BCUT2D eigenvalue weighted by Crippen LogP contribution is -2.45. The fourth-order valence-electron chi connectivity index (χ4n) is 3.06. The fourth-order valence-corrected chi connectivity index (χ4v) is 4.92. The zero-order chi connectivity index (χ0) is 14.8. The Morgan fingerprint density at radius 1 is 1.15 bits per heavy atom. The molecule has 2 heterocycles. The summed E-state index contributed by atoms with van der Waals surface area (Å²) >= 11 is 0. The zero-order valence-corrected chi connectivity index (χ0v) is 12.3. The van der Waals surface area contributed by atoms with E-state index < -0.39 is 21.8 Å². The van der Waals surface area contributed by atoms with Crippen molar-refractivity contribution >= 4 is 21.7 Å². The van der Waals surface area contributed by atoms with Crippen molar-refractivity contribution in [3.8, 4) is 0 Å². The maximum Gasteiger partial charge on any atom is 0.326 e. The highest BCUT2D eigenvalue weighted by molar-refractivity contribution is 7.91. The topological polar surface area (TPSA) is 91.8 Å². The van der Waals surface area contributed by atoms with Gasteiger partial charge in [-0.15, -0.1) is 0 Å². The largest absolute Gasteiger partial charge is 0.480 e. The fraction of sp³-hybridized carbons (Fsp3) is 0.846. The minimum atomic E-state index is -3.00. The van der Waals surface area contributed by atoms with Gasteiger partial charge in [0.2, 0.25) is 5.91 Å². The molecule has 0 aliphatic carbocycles. The number of carbonyl (C=O) groups is 2. The van der Waals surface area contributed by atoms with Crippen LogP contribution in [-0.2, 0) is 19.4 Å². The quantitative estimate of drug-likeness (QED) is 0.827. The minimum Gasteiger partial charge on any atom is -0.480 e. The summed E-state index contributed by atoms with van der Waals surface area (Å²) in [5, 5.41) is 9.24. The average Bonchev–Trinajstić information content (AvgIpc) is 2.59. The van der Waals surface area contributed by atoms with Crippen molar-refractivity contribution in [3.63, 3.8) is 0 Å². The highest BCUT2D eigenvalue weighted by atomic mass is 32.2. The zero-order valence-electron chi connectivity index (χ0n) is 11.5. The number of sulfone groups is 1. The van der Waals surface area contributed by atoms with Gasteiger partial charge in [0.25, 0.3) is 0 Å². The third-order valence-corrected chi connectivity index (χ3v) is 5.99. The van der Waals surface area contributed by atoms with Gasteiger partial charge in [-0.25, -0.2) is 13.2 Å². The molecule has 0 radical (unpaired) electrons. The smallest absolute Gasteiger partial charge is 0.326 e. The molecule has 2 aliphatic rings. The molecule has 2 rings (SSSR count). The van der Waals surface area contributed by atoms with Gasteiger partial charge < -0.3 is 10.0 Å². The van der Waals surface area contributed by atoms with Crippen molar-refractivity contribution in [3.05, 3.63) is 0 Å². The third-order valence-electron chi connectivity index (χ3n) is 4.15. The Kier molecular flexibility index (Phi) is 4.67. The predicted molar refractivity (Wildman–Crippen MR) is 73.0 cm³/mol. The van der Waals surface area contributed by atoms with Gasteiger partial charge in [-0.3, -0.25) is 4.79 Å². The number of hydrogen-bond donors (Lipinski definition) is 1. The van der Waals surface area contributed by atoms with Crippen molar-refractivity contribution in [1.29, 1.82) is 0 Å². The molecule has 1 N–H and O–H groups in total. The molecule has 0 bridgehead atoms. The summed E-state index contributed by atoms with van der Waals surface area (Å²) in [6.07, 6.45) is 3.73. The van der Waals surface area contributed by atoms with Gasteiger partial charge in [-0.2, -0.15) is 0 Å². The van der Waals surface area contributed by atoms with Crippen LogP contribution in [-0.4, -0.2) is 54.4 Å². The average molecular weight is 303 g/mol. The number of aliphatic carboxylic acids is 1. The molecule has 0 spiro atoms. The van der Waals surface area contributed by atoms with Crippen molar-refractivity contribution in [2.24, 2.45) is 5.92 Å². The first-order valence-corrected chi connectivity index (χ1v) is 8.94. The lowest BCUT2D eigenvalue weighted by Gasteiger charge is -2.27. The molecule has 0 aromatic rings. The first kappa shape index (κ1) is 15.3. The van der Waals surface area contributed by atoms with E-state index in [9.17, 15) is 23.1 Å². The Balaban J connectivity index is 2.00. The molecular weight excluding hydrogens is 282 g/mol. The van der Waals surface area contributed by atoms with E-state index in [1.165, 1.54) is 4.90 Å². The molecule has 2 fully saturated rings. The number of carbonyl (C=O) groups excluding carboxylic acids is 1. The molecule has 1 amide bonds. The monoisotopic (exact) mass is 303 g/mol. The maximum atomic E-state index is 12.3. The highest BCUT2D eigenvalue weighted by Crippen LogP contribution is 2.25. The van der Waals surface area contributed by atoms with Crippen LogP contribution in [0, 0.1) is 5.92 Å². The van der Waals surface area contributed by atoms with E-state index in [1.54, 1.807) is 0 Å². The van der Waals surface area contributed by atoms with Gasteiger partial charge in [0.1, 0.15) is 6.04 Å². The second-order valence-electron chi connectivity index (χ2n) is 5.76. The van der Waals surface area contributed by atoms with Crippen LogP contribution in [0.2, 0.25) is 0 Å². The Labute approximate surface area is 119 Å². The molecule has 0 aromatic heterocycles. The summed E-state index contributed by atoms with van der Waals surface area (Å²) in [7, 11) is -3.00. The molecule has 0 aromatic carbocycles. The van der Waals surface area contributed by atoms with Crippen LogP contribution >= 0.6 is 0 Å². The lowest BCUT2D eigenvalue weighted by molar-refractivity contribution is -0.150. The van der Waals surface area contributed by atoms with Gasteiger partial charge in [-0.1, -0.05) is 12.8 Å². The molecule has 2 aliphatic heterocycles. The number of likely N-dealkylation sites (tertiary alicyclic amines) is 1. The lowest BCUT2D eigenvalue weighted by atomic mass is 10.0. The Hall–Kier alpha value is -1.11. The van der Waals surface area contributed by atoms with E-state index >= 15 is 0 Å². The summed E-state index contributed by atoms with van der Waals surface area (Å²) in [5.74, 6) is -1.11. The Morgan fingerprint density at radius 2 is 1.90 bits per heavy atom. The van der Waals surface area contributed by atoms with Crippen molar-refractivity contribution in [2.75, 3.05) is 18.1 Å². The molecule has 114 valence electrons. The standard InChI is InChI=1S/C13H21NO5S/c15-12(8-10-5-7-20(18,19)9-10)14-6-3-1-2-4-11(14)13(16)17/h10-11H,1-9H2,(H,16,17). The van der Waals surface area contributed by atoms with Crippen LogP contribution in [0.1, 0.15) is 38.5 Å². The SMILES string of the molecule is O=C(O)C1CCCCCN1C(=O)CC1CCS(=O)(=O)C1. The second-order valence-corrected chi connectivity index (χ2v) is 7.99. The predicted octanol–water partition coefficient (Wildman–Crippen LogP) is 0.667. The van der Waals surface area contributed by atoms with Crippen LogP contribution in [0.25, 0.3) is 0 Å². The van der Waals surface area contributed by atoms with Crippen molar-refractivity contribution in [2.45, 2.75) is 44.6 Å². The number of hydrogen-bond acceptors (Lipinski definition) is 4. The number of nitrogens with zero attached hydrogens (tertiary/aromatic N) is 1. The Morgan fingerprint density at radius 3 is 2.50 bits per heavy atom. The number of carboxylic acids is 1. The van der Waals surface area contributed by atoms with E-state index in [2.05, 4.69) is 0 Å². The maximum absolute atomic E-state index is 12.3. The van der Waals surface area contributed by atoms with Crippen LogP contribution in [0.4, 0.5) is 0 Å². The van der Waals surface area contributed by atoms with E-state index in [-0.39, 0.29) is 29.8 Å². The number of rotatable bonds is 3. The van der Waals surface area contributed by atoms with Gasteiger partial charge in [0.15, 0.2) is 9.84 Å². The van der Waals surface area contributed by atoms with Gasteiger partial charge in [-0.05, 0) is 25.2 Å². The van der Waals surface area contributed by atoms with E-state index in [4.69, 9.17) is 0 Å². The molecule has 20 heavy (non-hydrogen) atoms. The number of carboxylic acid groups (broad SMARTS) is 1. The summed E-state index contributed by atoms with van der Waals surface area (Å²) in [6, 6.07) is -0.747. The first-order chi connectivity index (χ1) is 9.39. The van der Waals surface area contributed by atoms with Gasteiger partial charge >= 0.3 is 5.97 Å². The van der Waals surface area contributed by atoms with E-state index in [0.717, 1.165) is 19.3 Å². The number of amides is 1. The molecule has 0 saturated carbocycles. The molecular formula is C13H21NO5S. The summed E-state index contributed by atoms with van der Waals surface area (Å²) < 4.78 is 22.8. The van der Waals surface area contributed by atoms with Crippen LogP contribution in [0.15, 0.2) is 0 Å². The molecule has 6 nitrogen and oxygen atoms in total. The summed E-state index contributed by atoms with van der Waals surface area (Å²) in [6.45, 7) is 0.468. The Bertz CT molecular complexity index is 487. The van der Waals surface area contributed by atoms with Crippen LogP contribution in [0.5, 0.6) is 0 Å².